The van der Waals surface area contributed by atoms with Gasteiger partial charge >= 0.3 is 7.82 Å². The molecule has 0 bridgehead atoms. The zero-order chi connectivity index (χ0) is 35.1. The second kappa shape index (κ2) is 31.0. The molecule has 0 fully saturated rings. The number of amides is 1. The monoisotopic (exact) mass is 688 g/mol. The predicted octanol–water partition coefficient (Wildman–Crippen LogP) is 9.80. The van der Waals surface area contributed by atoms with Crippen LogP contribution in [-0.2, 0) is 18.4 Å². The summed E-state index contributed by atoms with van der Waals surface area (Å²) in [6.45, 7) is 4.81. The molecule has 8 nitrogen and oxygen atoms in total. The molecule has 0 aromatic rings. The second-order valence-corrected chi connectivity index (χ2v) is 15.7. The normalized spacial score (nSPS) is 15.0. The van der Waals surface area contributed by atoms with Crippen LogP contribution in [0.15, 0.2) is 24.3 Å². The minimum Gasteiger partial charge on any atom is -0.391 e. The molecule has 0 aliphatic rings. The molecule has 0 aliphatic heterocycles. The van der Waals surface area contributed by atoms with Crippen molar-refractivity contribution in [2.24, 2.45) is 0 Å². The lowest BCUT2D eigenvalue weighted by atomic mass is 10.0. The number of quaternary nitrogens is 1. The Bertz CT molecular complexity index is 829. The fraction of sp³-hybridized carbons (Fsp3) is 0.868. The maximum atomic E-state index is 12.8. The molecule has 3 atom stereocenters. The smallest absolute Gasteiger partial charge is 0.391 e. The van der Waals surface area contributed by atoms with E-state index in [1.54, 1.807) is 0 Å². The Balaban J connectivity index is 4.53. The number of allylic oxidation sites excluding steroid dienone is 4. The summed E-state index contributed by atoms with van der Waals surface area (Å²) < 4.78 is 23.5. The lowest BCUT2D eigenvalue weighted by Gasteiger charge is -2.26. The van der Waals surface area contributed by atoms with Crippen LogP contribution in [0.1, 0.15) is 162 Å². The highest BCUT2D eigenvalue weighted by Crippen LogP contribution is 2.43. The van der Waals surface area contributed by atoms with Gasteiger partial charge in [-0.15, -0.1) is 0 Å². The van der Waals surface area contributed by atoms with Crippen LogP contribution in [0.5, 0.6) is 0 Å². The summed E-state index contributed by atoms with van der Waals surface area (Å²) in [7, 11) is 1.59. The number of aliphatic hydroxyl groups excluding tert-OH is 1. The summed E-state index contributed by atoms with van der Waals surface area (Å²) in [5, 5.41) is 13.8. The van der Waals surface area contributed by atoms with Gasteiger partial charge in [0.25, 0.3) is 0 Å². The van der Waals surface area contributed by atoms with E-state index in [1.807, 2.05) is 21.1 Å². The quantitative estimate of drug-likeness (QED) is 0.0269. The highest BCUT2D eigenvalue weighted by molar-refractivity contribution is 7.47. The Hall–Kier alpha value is -1.02. The van der Waals surface area contributed by atoms with Gasteiger partial charge in [0.15, 0.2) is 0 Å². The van der Waals surface area contributed by atoms with Crippen molar-refractivity contribution in [2.45, 2.75) is 174 Å². The number of carbonyl (C=O) groups is 1. The lowest BCUT2D eigenvalue weighted by molar-refractivity contribution is -0.870. The molecule has 9 heteroatoms. The molecule has 0 spiro atoms. The van der Waals surface area contributed by atoms with Gasteiger partial charge in [-0.25, -0.2) is 4.57 Å². The summed E-state index contributed by atoms with van der Waals surface area (Å²) in [6, 6.07) is -0.776. The lowest BCUT2D eigenvalue weighted by Crippen LogP contribution is -2.46. The molecule has 0 aliphatic carbocycles. The van der Waals surface area contributed by atoms with Gasteiger partial charge < -0.3 is 19.8 Å². The van der Waals surface area contributed by atoms with Crippen LogP contribution in [0, 0.1) is 0 Å². The number of rotatable bonds is 34. The van der Waals surface area contributed by atoms with Crippen molar-refractivity contribution in [1.82, 2.24) is 5.32 Å². The molecule has 0 aromatic carbocycles. The number of carbonyl (C=O) groups excluding carboxylic acids is 1. The summed E-state index contributed by atoms with van der Waals surface area (Å²) >= 11 is 0. The summed E-state index contributed by atoms with van der Waals surface area (Å²) in [6.07, 6.45) is 33.4. The van der Waals surface area contributed by atoms with Crippen LogP contribution in [0.4, 0.5) is 0 Å². The van der Waals surface area contributed by atoms with E-state index in [1.165, 1.54) is 77.0 Å². The van der Waals surface area contributed by atoms with Crippen LogP contribution in [-0.4, -0.2) is 73.4 Å². The van der Waals surface area contributed by atoms with E-state index < -0.39 is 20.0 Å². The standard InChI is InChI=1S/C38H75N2O6P/c1-6-8-10-12-14-16-18-20-22-24-26-28-30-32-38(42)39-36(35-46-47(43,44)45-34-33-40(3,4)5)37(41)31-29-27-25-23-21-19-17-15-13-11-9-7-2/h16,18,21,23,36-37,41H,6-15,17,19-20,22,24-35H2,1-5H3,(H-,39,42,43,44)/p+1/b18-16+,23-21+/t36-,37+/m0/s1. The van der Waals surface area contributed by atoms with Crippen LogP contribution in [0.2, 0.25) is 0 Å². The first-order valence-electron chi connectivity index (χ1n) is 19.2. The zero-order valence-corrected chi connectivity index (χ0v) is 32.2. The van der Waals surface area contributed by atoms with Gasteiger partial charge in [0.2, 0.25) is 5.91 Å². The highest BCUT2D eigenvalue weighted by Gasteiger charge is 2.28. The van der Waals surface area contributed by atoms with Crippen LogP contribution in [0.25, 0.3) is 0 Å². The minimum absolute atomic E-state index is 0.0680. The third-order valence-corrected chi connectivity index (χ3v) is 9.41. The minimum atomic E-state index is -4.31. The number of hydrogen-bond donors (Lipinski definition) is 3. The van der Waals surface area contributed by atoms with E-state index in [0.29, 0.717) is 23.9 Å². The molecule has 0 heterocycles. The van der Waals surface area contributed by atoms with E-state index in [2.05, 4.69) is 43.5 Å². The third-order valence-electron chi connectivity index (χ3n) is 8.42. The number of phosphoric ester groups is 1. The number of likely N-dealkylation sites (N-methyl/N-ethyl adjacent to an activating group) is 1. The second-order valence-electron chi connectivity index (χ2n) is 14.3. The fourth-order valence-electron chi connectivity index (χ4n) is 5.27. The highest BCUT2D eigenvalue weighted by atomic mass is 31.2. The van der Waals surface area contributed by atoms with Crippen molar-refractivity contribution in [3.8, 4) is 0 Å². The van der Waals surface area contributed by atoms with Gasteiger partial charge in [0.1, 0.15) is 13.2 Å². The van der Waals surface area contributed by atoms with Crippen molar-refractivity contribution < 1.29 is 32.9 Å². The molecule has 3 N–H and O–H groups in total. The Labute approximate surface area is 290 Å². The van der Waals surface area contributed by atoms with Crippen molar-refractivity contribution >= 4 is 13.7 Å². The third kappa shape index (κ3) is 33.3. The van der Waals surface area contributed by atoms with E-state index in [-0.39, 0.29) is 19.1 Å². The van der Waals surface area contributed by atoms with Gasteiger partial charge in [-0.05, 0) is 64.2 Å². The van der Waals surface area contributed by atoms with Gasteiger partial charge in [-0.1, -0.05) is 115 Å². The van der Waals surface area contributed by atoms with Crippen molar-refractivity contribution in [3.05, 3.63) is 24.3 Å². The SMILES string of the molecule is CCCCCC/C=C/CCCCCCCC(=O)N[C@@H](COP(=O)(O)OCC[N+](C)(C)C)[C@H](O)CCCC/C=C/CCCCCCCC. The Kier molecular flexibility index (Phi) is 30.3. The molecule has 0 rings (SSSR count). The molecular weight excluding hydrogens is 611 g/mol. The number of hydrogen-bond acceptors (Lipinski definition) is 5. The number of aliphatic hydroxyl groups is 1. The largest absolute Gasteiger partial charge is 0.472 e. The van der Waals surface area contributed by atoms with Gasteiger partial charge in [-0.3, -0.25) is 13.8 Å². The van der Waals surface area contributed by atoms with E-state index in [9.17, 15) is 19.4 Å². The molecular formula is C38H76N2O6P+. The maximum Gasteiger partial charge on any atom is 0.472 e. The zero-order valence-electron chi connectivity index (χ0n) is 31.3. The Morgan fingerprint density at radius 3 is 1.66 bits per heavy atom. The maximum absolute atomic E-state index is 12.8. The molecule has 0 radical (unpaired) electrons. The Morgan fingerprint density at radius 1 is 0.702 bits per heavy atom. The first kappa shape index (κ1) is 46.0. The molecule has 1 amide bonds. The molecule has 1 unspecified atom stereocenters. The fourth-order valence-corrected chi connectivity index (χ4v) is 6.00. The molecule has 278 valence electrons. The molecule has 47 heavy (non-hydrogen) atoms. The van der Waals surface area contributed by atoms with E-state index in [4.69, 9.17) is 9.05 Å². The summed E-state index contributed by atoms with van der Waals surface area (Å²) in [5.41, 5.74) is 0. The Morgan fingerprint density at radius 2 is 1.15 bits per heavy atom. The van der Waals surface area contributed by atoms with E-state index >= 15 is 0 Å². The van der Waals surface area contributed by atoms with Crippen LogP contribution < -0.4 is 5.32 Å². The molecule has 0 aromatic heterocycles. The molecule has 0 saturated carbocycles. The van der Waals surface area contributed by atoms with Crippen molar-refractivity contribution in [1.29, 1.82) is 0 Å². The van der Waals surface area contributed by atoms with Crippen LogP contribution >= 0.6 is 7.82 Å². The number of phosphoric acid groups is 1. The van der Waals surface area contributed by atoms with Gasteiger partial charge in [-0.2, -0.15) is 0 Å². The van der Waals surface area contributed by atoms with Gasteiger partial charge in [0.05, 0.1) is 39.9 Å². The van der Waals surface area contributed by atoms with E-state index in [0.717, 1.165) is 57.8 Å². The van der Waals surface area contributed by atoms with Crippen molar-refractivity contribution in [2.75, 3.05) is 40.9 Å². The first-order chi connectivity index (χ1) is 22.5. The van der Waals surface area contributed by atoms with Crippen molar-refractivity contribution in [3.63, 3.8) is 0 Å². The number of nitrogens with one attached hydrogen (secondary N) is 1. The average Bonchev–Trinajstić information content (AvgIpc) is 3.01. The first-order valence-corrected chi connectivity index (χ1v) is 20.7. The summed E-state index contributed by atoms with van der Waals surface area (Å²) in [5.74, 6) is -0.167. The topological polar surface area (TPSA) is 105 Å². The average molecular weight is 688 g/mol. The van der Waals surface area contributed by atoms with Crippen LogP contribution in [0.3, 0.4) is 0 Å². The number of nitrogens with zero attached hydrogens (tertiary/aromatic N) is 1. The summed E-state index contributed by atoms with van der Waals surface area (Å²) in [4.78, 5) is 23.0. The predicted molar refractivity (Wildman–Crippen MR) is 198 cm³/mol. The number of unbranched alkanes of at least 4 members (excludes halogenated alkanes) is 17. The van der Waals surface area contributed by atoms with Gasteiger partial charge in [0, 0.05) is 6.42 Å². The molecule has 0 saturated heterocycles.